The molecule has 0 aromatic heterocycles. The van der Waals surface area contributed by atoms with Gasteiger partial charge in [0, 0.05) is 19.5 Å². The van der Waals surface area contributed by atoms with Crippen LogP contribution >= 0.6 is 0 Å². The lowest BCUT2D eigenvalue weighted by molar-refractivity contribution is -0.121. The summed E-state index contributed by atoms with van der Waals surface area (Å²) in [5.74, 6) is -0.644. The molecule has 3 rings (SSSR count). The third kappa shape index (κ3) is 4.28. The van der Waals surface area contributed by atoms with Gasteiger partial charge in [-0.05, 0) is 38.2 Å². The fourth-order valence-electron chi connectivity index (χ4n) is 3.41. The maximum Gasteiger partial charge on any atom is 0.261 e. The summed E-state index contributed by atoms with van der Waals surface area (Å²) in [4.78, 5) is 40.2. The van der Waals surface area contributed by atoms with Gasteiger partial charge in [0.2, 0.25) is 5.91 Å². The molecule has 6 heteroatoms. The predicted molar refractivity (Wildman–Crippen MR) is 107 cm³/mol. The van der Waals surface area contributed by atoms with Crippen molar-refractivity contribution in [2.24, 2.45) is 0 Å². The quantitative estimate of drug-likeness (QED) is 0.716. The molecule has 0 radical (unpaired) electrons. The van der Waals surface area contributed by atoms with E-state index in [9.17, 15) is 14.4 Å². The average molecular weight is 379 g/mol. The van der Waals surface area contributed by atoms with E-state index in [2.05, 4.69) is 10.2 Å². The Morgan fingerprint density at radius 2 is 1.54 bits per heavy atom. The summed E-state index contributed by atoms with van der Waals surface area (Å²) >= 11 is 0. The summed E-state index contributed by atoms with van der Waals surface area (Å²) < 4.78 is 0. The first-order valence-electron chi connectivity index (χ1n) is 9.42. The van der Waals surface area contributed by atoms with Crippen LogP contribution in [0.5, 0.6) is 0 Å². The van der Waals surface area contributed by atoms with Gasteiger partial charge in [-0.25, -0.2) is 0 Å². The Hall–Kier alpha value is -2.99. The molecule has 3 amide bonds. The Morgan fingerprint density at radius 1 is 0.964 bits per heavy atom. The molecule has 0 aliphatic carbocycles. The standard InChI is InChI=1S/C22H25N3O3/c1-24(2)19(16-9-4-3-5-10-16)15-23-20(26)13-8-14-25-21(27)17-11-6-7-12-18(17)22(25)28/h3-7,9-12,19H,8,13-15H2,1-2H3,(H,23,26). The highest BCUT2D eigenvalue weighted by Crippen LogP contribution is 2.22. The van der Waals surface area contributed by atoms with Crippen molar-refractivity contribution in [3.63, 3.8) is 0 Å². The second kappa shape index (κ2) is 8.80. The summed E-state index contributed by atoms with van der Waals surface area (Å²) in [5, 5.41) is 2.96. The van der Waals surface area contributed by atoms with Crippen LogP contribution in [-0.2, 0) is 4.79 Å². The lowest BCUT2D eigenvalue weighted by Crippen LogP contribution is -2.35. The molecule has 0 fully saturated rings. The van der Waals surface area contributed by atoms with Crippen LogP contribution in [0.15, 0.2) is 54.6 Å². The van der Waals surface area contributed by atoms with Crippen molar-refractivity contribution in [3.05, 3.63) is 71.3 Å². The number of nitrogens with zero attached hydrogens (tertiary/aromatic N) is 2. The minimum atomic E-state index is -0.280. The fourth-order valence-corrected chi connectivity index (χ4v) is 3.41. The van der Waals surface area contributed by atoms with Gasteiger partial charge in [0.05, 0.1) is 17.2 Å². The van der Waals surface area contributed by atoms with Gasteiger partial charge in [-0.1, -0.05) is 42.5 Å². The molecule has 2 aromatic carbocycles. The zero-order chi connectivity index (χ0) is 20.1. The first kappa shape index (κ1) is 19.8. The largest absolute Gasteiger partial charge is 0.354 e. The highest BCUT2D eigenvalue weighted by Gasteiger charge is 2.34. The zero-order valence-corrected chi connectivity index (χ0v) is 16.2. The van der Waals surface area contributed by atoms with Crippen molar-refractivity contribution in [2.75, 3.05) is 27.2 Å². The number of benzene rings is 2. The molecule has 1 heterocycles. The number of amides is 3. The summed E-state index contributed by atoms with van der Waals surface area (Å²) in [7, 11) is 3.96. The van der Waals surface area contributed by atoms with E-state index >= 15 is 0 Å². The van der Waals surface area contributed by atoms with Crippen molar-refractivity contribution < 1.29 is 14.4 Å². The summed E-state index contributed by atoms with van der Waals surface area (Å²) in [6.07, 6.45) is 0.706. The van der Waals surface area contributed by atoms with E-state index in [0.717, 1.165) is 5.56 Å². The van der Waals surface area contributed by atoms with Gasteiger partial charge in [0.1, 0.15) is 0 Å². The normalized spacial score (nSPS) is 14.3. The zero-order valence-electron chi connectivity index (χ0n) is 16.2. The molecule has 0 bridgehead atoms. The number of fused-ring (bicyclic) bond motifs is 1. The average Bonchev–Trinajstić information content (AvgIpc) is 2.94. The van der Waals surface area contributed by atoms with Crippen LogP contribution in [0.25, 0.3) is 0 Å². The monoisotopic (exact) mass is 379 g/mol. The molecule has 146 valence electrons. The van der Waals surface area contributed by atoms with E-state index in [4.69, 9.17) is 0 Å². The molecule has 6 nitrogen and oxygen atoms in total. The Labute approximate surface area is 165 Å². The maximum atomic E-state index is 12.3. The van der Waals surface area contributed by atoms with Crippen LogP contribution in [0.3, 0.4) is 0 Å². The van der Waals surface area contributed by atoms with Gasteiger partial charge in [-0.2, -0.15) is 0 Å². The molecule has 0 saturated carbocycles. The van der Waals surface area contributed by atoms with Crippen molar-refractivity contribution in [1.82, 2.24) is 15.1 Å². The third-order valence-electron chi connectivity index (χ3n) is 4.96. The smallest absolute Gasteiger partial charge is 0.261 e. The molecule has 28 heavy (non-hydrogen) atoms. The van der Waals surface area contributed by atoms with Crippen molar-refractivity contribution in [1.29, 1.82) is 0 Å². The van der Waals surface area contributed by atoms with Gasteiger partial charge < -0.3 is 10.2 Å². The van der Waals surface area contributed by atoms with Crippen LogP contribution in [-0.4, -0.2) is 54.7 Å². The first-order valence-corrected chi connectivity index (χ1v) is 9.42. The van der Waals surface area contributed by atoms with E-state index in [0.29, 0.717) is 24.1 Å². The van der Waals surface area contributed by atoms with E-state index in [1.807, 2.05) is 44.4 Å². The number of rotatable bonds is 8. The van der Waals surface area contributed by atoms with Crippen molar-refractivity contribution in [2.45, 2.75) is 18.9 Å². The van der Waals surface area contributed by atoms with E-state index < -0.39 is 0 Å². The van der Waals surface area contributed by atoms with Crippen molar-refractivity contribution >= 4 is 17.7 Å². The molecular weight excluding hydrogens is 354 g/mol. The summed E-state index contributed by atoms with van der Waals surface area (Å²) in [6, 6.07) is 16.9. The minimum Gasteiger partial charge on any atom is -0.354 e. The Bertz CT molecular complexity index is 829. The Kier molecular flexibility index (Phi) is 6.21. The van der Waals surface area contributed by atoms with Crippen LogP contribution in [0.4, 0.5) is 0 Å². The summed E-state index contributed by atoms with van der Waals surface area (Å²) in [6.45, 7) is 0.748. The minimum absolute atomic E-state index is 0.0839. The maximum absolute atomic E-state index is 12.3. The second-order valence-corrected chi connectivity index (χ2v) is 7.11. The van der Waals surface area contributed by atoms with Gasteiger partial charge >= 0.3 is 0 Å². The number of carbonyl (C=O) groups is 3. The van der Waals surface area contributed by atoms with Crippen LogP contribution < -0.4 is 5.32 Å². The Balaban J connectivity index is 1.47. The second-order valence-electron chi connectivity index (χ2n) is 7.11. The number of carbonyl (C=O) groups excluding carboxylic acids is 3. The van der Waals surface area contributed by atoms with Crippen LogP contribution in [0.1, 0.15) is 45.2 Å². The molecule has 0 spiro atoms. The third-order valence-corrected chi connectivity index (χ3v) is 4.96. The van der Waals surface area contributed by atoms with Crippen LogP contribution in [0.2, 0.25) is 0 Å². The Morgan fingerprint density at radius 3 is 2.11 bits per heavy atom. The molecule has 1 N–H and O–H groups in total. The number of hydrogen-bond donors (Lipinski definition) is 1. The van der Waals surface area contributed by atoms with Crippen LogP contribution in [0, 0.1) is 0 Å². The molecule has 1 unspecified atom stereocenters. The lowest BCUT2D eigenvalue weighted by atomic mass is 10.1. The predicted octanol–water partition coefficient (Wildman–Crippen LogP) is 2.48. The molecule has 1 aliphatic heterocycles. The SMILES string of the molecule is CN(C)C(CNC(=O)CCCN1C(=O)c2ccccc2C1=O)c1ccccc1. The lowest BCUT2D eigenvalue weighted by Gasteiger charge is -2.25. The van der Waals surface area contributed by atoms with E-state index in [-0.39, 0.29) is 36.7 Å². The molecule has 2 aromatic rings. The first-order chi connectivity index (χ1) is 13.5. The highest BCUT2D eigenvalue weighted by molar-refractivity contribution is 6.21. The number of hydrogen-bond acceptors (Lipinski definition) is 4. The van der Waals surface area contributed by atoms with Crippen molar-refractivity contribution in [3.8, 4) is 0 Å². The number of nitrogens with one attached hydrogen (secondary N) is 1. The molecule has 1 aliphatic rings. The van der Waals surface area contributed by atoms with Gasteiger partial charge in [-0.3, -0.25) is 19.3 Å². The topological polar surface area (TPSA) is 69.7 Å². The highest BCUT2D eigenvalue weighted by atomic mass is 16.2. The van der Waals surface area contributed by atoms with E-state index in [1.165, 1.54) is 4.90 Å². The number of imide groups is 1. The number of likely N-dealkylation sites (N-methyl/N-ethyl adjacent to an activating group) is 1. The molecule has 0 saturated heterocycles. The van der Waals surface area contributed by atoms with Gasteiger partial charge in [-0.15, -0.1) is 0 Å². The summed E-state index contributed by atoms with van der Waals surface area (Å²) in [5.41, 5.74) is 2.01. The fraction of sp³-hybridized carbons (Fsp3) is 0.318. The van der Waals surface area contributed by atoms with Gasteiger partial charge in [0.15, 0.2) is 0 Å². The molecule has 1 atom stereocenters. The van der Waals surface area contributed by atoms with E-state index in [1.54, 1.807) is 24.3 Å². The van der Waals surface area contributed by atoms with Gasteiger partial charge in [0.25, 0.3) is 11.8 Å². The molecular formula is C22H25N3O3.